The van der Waals surface area contributed by atoms with Gasteiger partial charge in [0.2, 0.25) is 0 Å². The van der Waals surface area contributed by atoms with E-state index >= 15 is 0 Å². The summed E-state index contributed by atoms with van der Waals surface area (Å²) in [6.45, 7) is 5.10. The Hall–Kier alpha value is -1.49. The number of nitrogens with zero attached hydrogens (tertiary/aromatic N) is 2. The molecule has 15 heavy (non-hydrogen) atoms. The molecule has 0 aliphatic carbocycles. The topological polar surface area (TPSA) is 75.1 Å². The molecular formula is C10H13N3O2. The van der Waals surface area contributed by atoms with E-state index < -0.39 is 5.97 Å². The van der Waals surface area contributed by atoms with Crippen LogP contribution in [-0.4, -0.2) is 21.0 Å². The van der Waals surface area contributed by atoms with Crippen molar-refractivity contribution in [2.24, 2.45) is 0 Å². The highest BCUT2D eigenvalue weighted by molar-refractivity contribution is 5.87. The number of aromatic nitrogens is 2. The molecule has 1 aliphatic heterocycles. The molecule has 0 unspecified atom stereocenters. The van der Waals surface area contributed by atoms with Crippen LogP contribution in [0.1, 0.15) is 47.3 Å². The average Bonchev–Trinajstić information content (AvgIpc) is 2.62. The van der Waals surface area contributed by atoms with Gasteiger partial charge in [0.05, 0.1) is 5.69 Å². The first kappa shape index (κ1) is 10.0. The molecule has 0 saturated heterocycles. The quantitative estimate of drug-likeness (QED) is 0.753. The molecule has 0 saturated carbocycles. The van der Waals surface area contributed by atoms with Gasteiger partial charge in [-0.3, -0.25) is 0 Å². The number of hydrogen-bond donors (Lipinski definition) is 2. The molecule has 2 heterocycles. The highest BCUT2D eigenvalue weighted by atomic mass is 16.4. The molecule has 80 valence electrons. The molecule has 0 radical (unpaired) electrons. The third-order valence-corrected chi connectivity index (χ3v) is 2.42. The van der Waals surface area contributed by atoms with Crippen molar-refractivity contribution >= 4 is 5.97 Å². The third-order valence-electron chi connectivity index (χ3n) is 2.42. The number of hydrogen-bond acceptors (Lipinski definition) is 4. The Labute approximate surface area is 87.6 Å². The molecule has 1 aromatic heterocycles. The molecule has 0 spiro atoms. The second-order valence-corrected chi connectivity index (χ2v) is 3.92. The highest BCUT2D eigenvalue weighted by Gasteiger charge is 2.23. The molecule has 1 aromatic rings. The Morgan fingerprint density at radius 2 is 2.13 bits per heavy atom. The summed E-state index contributed by atoms with van der Waals surface area (Å²) in [4.78, 5) is 19.5. The minimum absolute atomic E-state index is 0.147. The summed E-state index contributed by atoms with van der Waals surface area (Å²) in [7, 11) is 0. The van der Waals surface area contributed by atoms with E-state index in [1.165, 1.54) is 0 Å². The molecule has 0 amide bonds. The Kier molecular flexibility index (Phi) is 2.40. The van der Waals surface area contributed by atoms with Gasteiger partial charge in [-0.2, -0.15) is 0 Å². The molecule has 0 aromatic carbocycles. The second-order valence-electron chi connectivity index (χ2n) is 3.92. The smallest absolute Gasteiger partial charge is 0.354 e. The van der Waals surface area contributed by atoms with Crippen LogP contribution in [0.25, 0.3) is 0 Å². The van der Waals surface area contributed by atoms with Crippen LogP contribution < -0.4 is 5.32 Å². The summed E-state index contributed by atoms with van der Waals surface area (Å²) < 4.78 is 0. The molecule has 5 heteroatoms. The molecule has 0 atom stereocenters. The maximum atomic E-state index is 11.0. The van der Waals surface area contributed by atoms with Crippen LogP contribution in [0, 0.1) is 0 Å². The van der Waals surface area contributed by atoms with Gasteiger partial charge < -0.3 is 10.4 Å². The Bertz CT molecular complexity index is 415. The van der Waals surface area contributed by atoms with Gasteiger partial charge in [0.1, 0.15) is 5.82 Å². The zero-order chi connectivity index (χ0) is 11.0. The second kappa shape index (κ2) is 3.58. The van der Waals surface area contributed by atoms with Crippen LogP contribution in [0.4, 0.5) is 0 Å². The van der Waals surface area contributed by atoms with E-state index in [-0.39, 0.29) is 11.6 Å². The SMILES string of the molecule is CC(C)c1nc2c(c(C(=O)O)n1)CNC2. The summed E-state index contributed by atoms with van der Waals surface area (Å²) in [6, 6.07) is 0. The van der Waals surface area contributed by atoms with Crippen molar-refractivity contribution in [2.45, 2.75) is 32.9 Å². The maximum absolute atomic E-state index is 11.0. The van der Waals surface area contributed by atoms with Crippen molar-refractivity contribution in [3.63, 3.8) is 0 Å². The average molecular weight is 207 g/mol. The van der Waals surface area contributed by atoms with Crippen LogP contribution in [0.5, 0.6) is 0 Å². The summed E-state index contributed by atoms with van der Waals surface area (Å²) in [5.41, 5.74) is 1.70. The monoisotopic (exact) mass is 207 g/mol. The van der Waals surface area contributed by atoms with Crippen LogP contribution in [0.15, 0.2) is 0 Å². The fourth-order valence-electron chi connectivity index (χ4n) is 1.62. The van der Waals surface area contributed by atoms with Crippen molar-refractivity contribution in [3.8, 4) is 0 Å². The van der Waals surface area contributed by atoms with E-state index in [1.54, 1.807) is 0 Å². The van der Waals surface area contributed by atoms with Crippen molar-refractivity contribution in [1.29, 1.82) is 0 Å². The lowest BCUT2D eigenvalue weighted by molar-refractivity contribution is 0.0688. The molecular weight excluding hydrogens is 194 g/mol. The van der Waals surface area contributed by atoms with Gasteiger partial charge in [-0.1, -0.05) is 13.8 Å². The first-order valence-electron chi connectivity index (χ1n) is 4.93. The Balaban J connectivity index is 2.57. The normalized spacial score (nSPS) is 14.3. The van der Waals surface area contributed by atoms with E-state index in [4.69, 9.17) is 5.11 Å². The lowest BCUT2D eigenvalue weighted by Crippen LogP contribution is -2.11. The third kappa shape index (κ3) is 1.70. The van der Waals surface area contributed by atoms with Crippen LogP contribution in [-0.2, 0) is 13.1 Å². The van der Waals surface area contributed by atoms with Crippen LogP contribution in [0.3, 0.4) is 0 Å². The number of fused-ring (bicyclic) bond motifs is 1. The summed E-state index contributed by atoms with van der Waals surface area (Å²) in [5.74, 6) is -0.219. The number of carboxylic acids is 1. The van der Waals surface area contributed by atoms with Crippen LogP contribution in [0.2, 0.25) is 0 Å². The predicted molar refractivity (Wildman–Crippen MR) is 53.6 cm³/mol. The number of nitrogens with one attached hydrogen (secondary N) is 1. The van der Waals surface area contributed by atoms with E-state index in [0.29, 0.717) is 18.9 Å². The maximum Gasteiger partial charge on any atom is 0.354 e. The minimum Gasteiger partial charge on any atom is -0.476 e. The van der Waals surface area contributed by atoms with Gasteiger partial charge in [-0.15, -0.1) is 0 Å². The summed E-state index contributed by atoms with van der Waals surface area (Å²) in [6.07, 6.45) is 0. The Morgan fingerprint density at radius 3 is 2.73 bits per heavy atom. The van der Waals surface area contributed by atoms with E-state index in [0.717, 1.165) is 11.3 Å². The highest BCUT2D eigenvalue weighted by Crippen LogP contribution is 2.20. The van der Waals surface area contributed by atoms with Gasteiger partial charge in [-0.25, -0.2) is 14.8 Å². The van der Waals surface area contributed by atoms with Gasteiger partial charge in [-0.05, 0) is 0 Å². The lowest BCUT2D eigenvalue weighted by atomic mass is 10.1. The molecule has 2 N–H and O–H groups in total. The van der Waals surface area contributed by atoms with Crippen LogP contribution >= 0.6 is 0 Å². The van der Waals surface area contributed by atoms with Crippen molar-refractivity contribution in [3.05, 3.63) is 22.8 Å². The summed E-state index contributed by atoms with van der Waals surface area (Å²) >= 11 is 0. The van der Waals surface area contributed by atoms with Gasteiger partial charge in [0.15, 0.2) is 5.69 Å². The molecule has 1 aliphatic rings. The fourth-order valence-corrected chi connectivity index (χ4v) is 1.62. The largest absolute Gasteiger partial charge is 0.476 e. The van der Waals surface area contributed by atoms with Gasteiger partial charge in [0.25, 0.3) is 0 Å². The van der Waals surface area contributed by atoms with Crippen molar-refractivity contribution in [2.75, 3.05) is 0 Å². The van der Waals surface area contributed by atoms with E-state index in [1.807, 2.05) is 13.8 Å². The molecule has 0 bridgehead atoms. The predicted octanol–water partition coefficient (Wildman–Crippen LogP) is 0.901. The van der Waals surface area contributed by atoms with Gasteiger partial charge in [0, 0.05) is 24.6 Å². The Morgan fingerprint density at radius 1 is 1.40 bits per heavy atom. The zero-order valence-electron chi connectivity index (χ0n) is 8.74. The van der Waals surface area contributed by atoms with Crippen molar-refractivity contribution < 1.29 is 9.90 Å². The van der Waals surface area contributed by atoms with Gasteiger partial charge >= 0.3 is 5.97 Å². The minimum atomic E-state index is -0.973. The number of carboxylic acid groups (broad SMARTS) is 1. The zero-order valence-corrected chi connectivity index (χ0v) is 8.74. The van der Waals surface area contributed by atoms with E-state index in [2.05, 4.69) is 15.3 Å². The molecule has 2 rings (SSSR count). The van der Waals surface area contributed by atoms with Crippen molar-refractivity contribution in [1.82, 2.24) is 15.3 Å². The van der Waals surface area contributed by atoms with E-state index in [9.17, 15) is 4.79 Å². The standard InChI is InChI=1S/C10H13N3O2/c1-5(2)9-12-7-4-11-3-6(7)8(13-9)10(14)15/h5,11H,3-4H2,1-2H3,(H,14,15). The summed E-state index contributed by atoms with van der Waals surface area (Å²) in [5, 5.41) is 12.1. The fraction of sp³-hybridized carbons (Fsp3) is 0.500. The first-order chi connectivity index (χ1) is 7.09. The molecule has 5 nitrogen and oxygen atoms in total. The number of carbonyl (C=O) groups is 1. The lowest BCUT2D eigenvalue weighted by Gasteiger charge is -2.08. The molecule has 0 fully saturated rings. The first-order valence-corrected chi connectivity index (χ1v) is 4.93. The number of rotatable bonds is 2. The number of aromatic carboxylic acids is 1.